The predicted octanol–water partition coefficient (Wildman–Crippen LogP) is 1.94. The molecule has 0 bridgehead atoms. The Morgan fingerprint density at radius 1 is 1.40 bits per heavy atom. The number of hydrogen-bond donors (Lipinski definition) is 1. The average Bonchev–Trinajstić information content (AvgIpc) is 2.71. The Hall–Kier alpha value is -0.900. The molecule has 0 spiro atoms. The third kappa shape index (κ3) is 4.42. The number of nitrogens with zero attached hydrogens (tertiary/aromatic N) is 2. The number of aromatic nitrogens is 2. The lowest BCUT2D eigenvalue weighted by molar-refractivity contribution is 0.361. The maximum atomic E-state index is 5.54. The van der Waals surface area contributed by atoms with Gasteiger partial charge in [0.05, 0.1) is 0 Å². The highest BCUT2D eigenvalue weighted by molar-refractivity contribution is 4.86. The predicted molar refractivity (Wildman–Crippen MR) is 59.4 cm³/mol. The molecular weight excluding hydrogens is 190 g/mol. The second-order valence-corrected chi connectivity index (χ2v) is 4.09. The Morgan fingerprint density at radius 3 is 2.87 bits per heavy atom. The van der Waals surface area contributed by atoms with Crippen LogP contribution in [0.2, 0.25) is 0 Å². The van der Waals surface area contributed by atoms with E-state index in [2.05, 4.69) is 24.0 Å². The number of aryl methyl sites for hydroxylation is 2. The van der Waals surface area contributed by atoms with Crippen molar-refractivity contribution in [2.24, 2.45) is 11.7 Å². The molecule has 1 rings (SSSR count). The van der Waals surface area contributed by atoms with Crippen LogP contribution < -0.4 is 5.73 Å². The van der Waals surface area contributed by atoms with Crippen LogP contribution in [0.4, 0.5) is 0 Å². The summed E-state index contributed by atoms with van der Waals surface area (Å²) in [5.74, 6) is 2.12. The highest BCUT2D eigenvalue weighted by atomic mass is 16.5. The summed E-state index contributed by atoms with van der Waals surface area (Å²) in [5, 5.41) is 3.94. The van der Waals surface area contributed by atoms with Gasteiger partial charge in [-0.05, 0) is 25.3 Å². The molecule has 0 saturated heterocycles. The van der Waals surface area contributed by atoms with Gasteiger partial charge in [0, 0.05) is 12.8 Å². The molecule has 0 amide bonds. The van der Waals surface area contributed by atoms with Crippen LogP contribution in [0, 0.1) is 5.92 Å². The molecule has 1 aromatic heterocycles. The van der Waals surface area contributed by atoms with Gasteiger partial charge in [-0.1, -0.05) is 25.4 Å². The first-order chi connectivity index (χ1) is 7.26. The standard InChI is InChI=1S/C11H21N3O/c1-3-4-5-10-13-11(15-14-10)7-6-9(2)8-12/h9H,3-8,12H2,1-2H3. The quantitative estimate of drug-likeness (QED) is 0.748. The van der Waals surface area contributed by atoms with Crippen LogP contribution in [0.15, 0.2) is 4.52 Å². The molecule has 1 atom stereocenters. The monoisotopic (exact) mass is 211 g/mol. The first kappa shape index (κ1) is 12.2. The summed E-state index contributed by atoms with van der Waals surface area (Å²) in [5.41, 5.74) is 5.54. The van der Waals surface area contributed by atoms with Crippen LogP contribution >= 0.6 is 0 Å². The van der Waals surface area contributed by atoms with Gasteiger partial charge < -0.3 is 10.3 Å². The number of hydrogen-bond acceptors (Lipinski definition) is 4. The van der Waals surface area contributed by atoms with Gasteiger partial charge >= 0.3 is 0 Å². The maximum Gasteiger partial charge on any atom is 0.226 e. The summed E-state index contributed by atoms with van der Waals surface area (Å²) in [4.78, 5) is 4.34. The van der Waals surface area contributed by atoms with E-state index in [1.807, 2.05) is 0 Å². The van der Waals surface area contributed by atoms with E-state index >= 15 is 0 Å². The molecule has 15 heavy (non-hydrogen) atoms. The summed E-state index contributed by atoms with van der Waals surface area (Å²) < 4.78 is 5.15. The van der Waals surface area contributed by atoms with E-state index in [-0.39, 0.29) is 0 Å². The zero-order valence-corrected chi connectivity index (χ0v) is 9.70. The second kappa shape index (κ2) is 6.56. The van der Waals surface area contributed by atoms with Crippen molar-refractivity contribution in [3.8, 4) is 0 Å². The van der Waals surface area contributed by atoms with Gasteiger partial charge in [0.15, 0.2) is 5.82 Å². The summed E-state index contributed by atoms with van der Waals surface area (Å²) in [6.45, 7) is 5.01. The van der Waals surface area contributed by atoms with E-state index in [9.17, 15) is 0 Å². The summed E-state index contributed by atoms with van der Waals surface area (Å²) >= 11 is 0. The first-order valence-corrected chi connectivity index (χ1v) is 5.77. The fourth-order valence-electron chi connectivity index (χ4n) is 1.32. The van der Waals surface area contributed by atoms with Gasteiger partial charge in [0.25, 0.3) is 0 Å². The van der Waals surface area contributed by atoms with E-state index < -0.39 is 0 Å². The molecule has 1 unspecified atom stereocenters. The minimum absolute atomic E-state index is 0.524. The van der Waals surface area contributed by atoms with Crippen LogP contribution in [-0.2, 0) is 12.8 Å². The van der Waals surface area contributed by atoms with E-state index in [4.69, 9.17) is 10.3 Å². The lowest BCUT2D eigenvalue weighted by Gasteiger charge is -2.03. The highest BCUT2D eigenvalue weighted by Crippen LogP contribution is 2.08. The minimum Gasteiger partial charge on any atom is -0.339 e. The molecule has 4 heteroatoms. The van der Waals surface area contributed by atoms with Crippen molar-refractivity contribution in [1.29, 1.82) is 0 Å². The second-order valence-electron chi connectivity index (χ2n) is 4.09. The molecular formula is C11H21N3O. The normalized spacial score (nSPS) is 13.0. The number of nitrogens with two attached hydrogens (primary N) is 1. The lowest BCUT2D eigenvalue weighted by Crippen LogP contribution is -2.11. The van der Waals surface area contributed by atoms with Crippen LogP contribution in [0.3, 0.4) is 0 Å². The van der Waals surface area contributed by atoms with Crippen LogP contribution in [0.25, 0.3) is 0 Å². The maximum absolute atomic E-state index is 5.54. The summed E-state index contributed by atoms with van der Waals surface area (Å²) in [6.07, 6.45) is 5.07. The molecule has 2 N–H and O–H groups in total. The van der Waals surface area contributed by atoms with Crippen LogP contribution in [0.5, 0.6) is 0 Å². The number of rotatable bonds is 7. The fourth-order valence-corrected chi connectivity index (χ4v) is 1.32. The van der Waals surface area contributed by atoms with Gasteiger partial charge in [-0.25, -0.2) is 0 Å². The first-order valence-electron chi connectivity index (χ1n) is 5.77. The number of unbranched alkanes of at least 4 members (excludes halogenated alkanes) is 1. The van der Waals surface area contributed by atoms with E-state index in [0.717, 1.165) is 50.4 Å². The Bertz CT molecular complexity index is 273. The van der Waals surface area contributed by atoms with Gasteiger partial charge in [-0.2, -0.15) is 4.98 Å². The minimum atomic E-state index is 0.524. The van der Waals surface area contributed by atoms with Gasteiger partial charge in [0.2, 0.25) is 5.89 Å². The van der Waals surface area contributed by atoms with Crippen LogP contribution in [0.1, 0.15) is 44.8 Å². The molecule has 0 aromatic carbocycles. The van der Waals surface area contributed by atoms with Crippen molar-refractivity contribution in [1.82, 2.24) is 10.1 Å². The summed E-state index contributed by atoms with van der Waals surface area (Å²) in [6, 6.07) is 0. The van der Waals surface area contributed by atoms with E-state index in [1.54, 1.807) is 0 Å². The average molecular weight is 211 g/mol. The van der Waals surface area contributed by atoms with Crippen molar-refractivity contribution < 1.29 is 4.52 Å². The molecule has 1 aromatic rings. The van der Waals surface area contributed by atoms with Crippen molar-refractivity contribution in [3.63, 3.8) is 0 Å². The Morgan fingerprint density at radius 2 is 2.20 bits per heavy atom. The molecule has 4 nitrogen and oxygen atoms in total. The lowest BCUT2D eigenvalue weighted by atomic mass is 10.1. The van der Waals surface area contributed by atoms with Crippen LogP contribution in [-0.4, -0.2) is 16.7 Å². The molecule has 0 fully saturated rings. The molecule has 0 aliphatic heterocycles. The topological polar surface area (TPSA) is 64.9 Å². The van der Waals surface area contributed by atoms with Crippen molar-refractivity contribution >= 4 is 0 Å². The van der Waals surface area contributed by atoms with Gasteiger partial charge in [0.1, 0.15) is 0 Å². The molecule has 0 radical (unpaired) electrons. The van der Waals surface area contributed by atoms with Crippen molar-refractivity contribution in [3.05, 3.63) is 11.7 Å². The van der Waals surface area contributed by atoms with E-state index in [1.165, 1.54) is 0 Å². The zero-order valence-electron chi connectivity index (χ0n) is 9.70. The van der Waals surface area contributed by atoms with Crippen molar-refractivity contribution in [2.45, 2.75) is 46.0 Å². The molecule has 0 saturated carbocycles. The third-order valence-electron chi connectivity index (χ3n) is 2.52. The largest absolute Gasteiger partial charge is 0.339 e. The molecule has 0 aliphatic rings. The Labute approximate surface area is 91.2 Å². The van der Waals surface area contributed by atoms with Crippen molar-refractivity contribution in [2.75, 3.05) is 6.54 Å². The zero-order chi connectivity index (χ0) is 11.1. The third-order valence-corrected chi connectivity index (χ3v) is 2.52. The Balaban J connectivity index is 2.32. The van der Waals surface area contributed by atoms with E-state index in [0.29, 0.717) is 5.92 Å². The highest BCUT2D eigenvalue weighted by Gasteiger charge is 2.07. The molecule has 86 valence electrons. The summed E-state index contributed by atoms with van der Waals surface area (Å²) in [7, 11) is 0. The SMILES string of the molecule is CCCCc1noc(CCC(C)CN)n1. The van der Waals surface area contributed by atoms with Gasteiger partial charge in [-0.15, -0.1) is 0 Å². The fraction of sp³-hybridized carbons (Fsp3) is 0.818. The Kier molecular flexibility index (Phi) is 5.32. The molecule has 0 aliphatic carbocycles. The van der Waals surface area contributed by atoms with Gasteiger partial charge in [-0.3, -0.25) is 0 Å². The molecule has 1 heterocycles. The smallest absolute Gasteiger partial charge is 0.226 e.